The Kier molecular flexibility index (Phi) is 3.72. The van der Waals surface area contributed by atoms with Gasteiger partial charge in [0.25, 0.3) is 0 Å². The van der Waals surface area contributed by atoms with Crippen LogP contribution in [-0.4, -0.2) is 14.9 Å². The summed E-state index contributed by atoms with van der Waals surface area (Å²) < 4.78 is 1.56. The summed E-state index contributed by atoms with van der Waals surface area (Å²) in [5.74, 6) is 0. The van der Waals surface area contributed by atoms with Gasteiger partial charge in [0.2, 0.25) is 0 Å². The Morgan fingerprint density at radius 1 is 1.35 bits per heavy atom. The maximum atomic E-state index is 10.1. The first-order valence-electron chi connectivity index (χ1n) is 5.20. The number of nitrogens with zero attached hydrogens (tertiary/aromatic N) is 2. The van der Waals surface area contributed by atoms with Crippen molar-refractivity contribution in [3.8, 4) is 0 Å². The molecular weight excluding hydrogens is 259 g/mol. The molecule has 0 amide bonds. The van der Waals surface area contributed by atoms with Gasteiger partial charge in [-0.2, -0.15) is 5.10 Å². The summed E-state index contributed by atoms with van der Waals surface area (Å²) >= 11 is 12.0. The molecule has 1 heterocycles. The van der Waals surface area contributed by atoms with Crippen LogP contribution in [0.3, 0.4) is 0 Å². The van der Waals surface area contributed by atoms with Gasteiger partial charge in [0.05, 0.1) is 12.2 Å². The van der Waals surface area contributed by atoms with Crippen LogP contribution >= 0.6 is 23.2 Å². The third kappa shape index (κ3) is 2.80. The highest BCUT2D eigenvalue weighted by Gasteiger charge is 2.14. The highest BCUT2D eigenvalue weighted by atomic mass is 35.5. The van der Waals surface area contributed by atoms with Gasteiger partial charge in [0.15, 0.2) is 0 Å². The standard InChI is InChI=1S/C12H12Cl2N2O/c1-8-6-12(14)16(15-8)7-11(17)9-4-2-3-5-10(9)13/h2-6,11,17H,7H2,1H3/t11-/m0/s1. The third-order valence-corrected chi connectivity index (χ3v) is 3.11. The second-order valence-corrected chi connectivity index (χ2v) is 4.62. The summed E-state index contributed by atoms with van der Waals surface area (Å²) in [4.78, 5) is 0. The second kappa shape index (κ2) is 5.08. The van der Waals surface area contributed by atoms with Crippen LogP contribution in [0.2, 0.25) is 10.2 Å². The Balaban J connectivity index is 2.20. The molecule has 1 N–H and O–H groups in total. The Labute approximate surface area is 110 Å². The molecule has 1 atom stereocenters. The fraction of sp³-hybridized carbons (Fsp3) is 0.250. The van der Waals surface area contributed by atoms with Crippen molar-refractivity contribution in [2.75, 3.05) is 0 Å². The van der Waals surface area contributed by atoms with Crippen LogP contribution in [0.1, 0.15) is 17.4 Å². The van der Waals surface area contributed by atoms with Gasteiger partial charge in [-0.05, 0) is 19.1 Å². The summed E-state index contributed by atoms with van der Waals surface area (Å²) in [5, 5.41) is 15.3. The summed E-state index contributed by atoms with van der Waals surface area (Å²) in [7, 11) is 0. The molecule has 0 aliphatic carbocycles. The molecule has 0 saturated heterocycles. The lowest BCUT2D eigenvalue weighted by Crippen LogP contribution is -2.10. The minimum Gasteiger partial charge on any atom is -0.386 e. The van der Waals surface area contributed by atoms with Crippen molar-refractivity contribution in [3.63, 3.8) is 0 Å². The van der Waals surface area contributed by atoms with Crippen LogP contribution < -0.4 is 0 Å². The van der Waals surface area contributed by atoms with Crippen molar-refractivity contribution in [3.05, 3.63) is 51.8 Å². The molecule has 90 valence electrons. The molecule has 0 fully saturated rings. The SMILES string of the molecule is Cc1cc(Cl)n(C[C@H](O)c2ccccc2Cl)n1. The molecule has 1 aromatic heterocycles. The molecule has 0 bridgehead atoms. The fourth-order valence-electron chi connectivity index (χ4n) is 1.65. The number of aromatic nitrogens is 2. The monoisotopic (exact) mass is 270 g/mol. The molecule has 0 aliphatic heterocycles. The number of aliphatic hydroxyl groups excluding tert-OH is 1. The maximum absolute atomic E-state index is 10.1. The largest absolute Gasteiger partial charge is 0.386 e. The van der Waals surface area contributed by atoms with E-state index in [4.69, 9.17) is 23.2 Å². The van der Waals surface area contributed by atoms with Gasteiger partial charge in [-0.15, -0.1) is 0 Å². The molecule has 2 aromatic rings. The first-order valence-corrected chi connectivity index (χ1v) is 5.96. The topological polar surface area (TPSA) is 38.0 Å². The average Bonchev–Trinajstić information content (AvgIpc) is 2.58. The summed E-state index contributed by atoms with van der Waals surface area (Å²) in [6, 6.07) is 8.94. The number of rotatable bonds is 3. The Morgan fingerprint density at radius 2 is 2.06 bits per heavy atom. The first kappa shape index (κ1) is 12.4. The highest BCUT2D eigenvalue weighted by Crippen LogP contribution is 2.24. The van der Waals surface area contributed by atoms with Crippen molar-refractivity contribution in [2.45, 2.75) is 19.6 Å². The van der Waals surface area contributed by atoms with Crippen molar-refractivity contribution in [1.82, 2.24) is 9.78 Å². The zero-order valence-electron chi connectivity index (χ0n) is 9.27. The number of hydrogen-bond donors (Lipinski definition) is 1. The number of aryl methyl sites for hydroxylation is 1. The van der Waals surface area contributed by atoms with Crippen LogP contribution in [0, 0.1) is 6.92 Å². The van der Waals surface area contributed by atoms with E-state index in [0.717, 1.165) is 5.69 Å². The summed E-state index contributed by atoms with van der Waals surface area (Å²) in [5.41, 5.74) is 1.50. The lowest BCUT2D eigenvalue weighted by atomic mass is 10.1. The second-order valence-electron chi connectivity index (χ2n) is 3.83. The molecule has 0 spiro atoms. The molecule has 3 nitrogen and oxygen atoms in total. The lowest BCUT2D eigenvalue weighted by molar-refractivity contribution is 0.151. The van der Waals surface area contributed by atoms with Gasteiger partial charge in [0, 0.05) is 10.6 Å². The van der Waals surface area contributed by atoms with Crippen molar-refractivity contribution >= 4 is 23.2 Å². The van der Waals surface area contributed by atoms with E-state index >= 15 is 0 Å². The molecule has 5 heteroatoms. The molecule has 0 aliphatic rings. The molecule has 1 aromatic carbocycles. The first-order chi connectivity index (χ1) is 8.08. The lowest BCUT2D eigenvalue weighted by Gasteiger charge is -2.13. The minimum absolute atomic E-state index is 0.288. The molecule has 0 radical (unpaired) electrons. The van der Waals surface area contributed by atoms with Crippen molar-refractivity contribution in [1.29, 1.82) is 0 Å². The van der Waals surface area contributed by atoms with E-state index in [1.54, 1.807) is 22.9 Å². The Bertz CT molecular complexity index is 525. The Hall–Kier alpha value is -1.03. The molecule has 17 heavy (non-hydrogen) atoms. The predicted octanol–water partition coefficient (Wildman–Crippen LogP) is 3.23. The van der Waals surface area contributed by atoms with Crippen molar-refractivity contribution < 1.29 is 5.11 Å². The van der Waals surface area contributed by atoms with Gasteiger partial charge in [0.1, 0.15) is 11.3 Å². The summed E-state index contributed by atoms with van der Waals surface area (Å²) in [6.45, 7) is 2.14. The van der Waals surface area contributed by atoms with Gasteiger partial charge in [-0.25, -0.2) is 0 Å². The van der Waals surface area contributed by atoms with E-state index in [9.17, 15) is 5.11 Å². The van der Waals surface area contributed by atoms with E-state index in [1.807, 2.05) is 19.1 Å². The molecule has 2 rings (SSSR count). The van der Waals surface area contributed by atoms with Gasteiger partial charge < -0.3 is 5.11 Å². The number of benzene rings is 1. The van der Waals surface area contributed by atoms with E-state index in [2.05, 4.69) is 5.10 Å². The van der Waals surface area contributed by atoms with Crippen LogP contribution in [0.5, 0.6) is 0 Å². The predicted molar refractivity (Wildman–Crippen MR) is 68.4 cm³/mol. The molecule has 0 unspecified atom stereocenters. The number of halogens is 2. The smallest absolute Gasteiger partial charge is 0.127 e. The maximum Gasteiger partial charge on any atom is 0.127 e. The van der Waals surface area contributed by atoms with Crippen molar-refractivity contribution in [2.24, 2.45) is 0 Å². The van der Waals surface area contributed by atoms with Crippen LogP contribution in [-0.2, 0) is 6.54 Å². The quantitative estimate of drug-likeness (QED) is 0.930. The zero-order chi connectivity index (χ0) is 12.4. The highest BCUT2D eigenvalue weighted by molar-refractivity contribution is 6.31. The van der Waals surface area contributed by atoms with E-state index in [-0.39, 0.29) is 6.54 Å². The van der Waals surface area contributed by atoms with Crippen LogP contribution in [0.15, 0.2) is 30.3 Å². The normalized spacial score (nSPS) is 12.7. The van der Waals surface area contributed by atoms with E-state index in [1.165, 1.54) is 0 Å². The molecular formula is C12H12Cl2N2O. The fourth-order valence-corrected chi connectivity index (χ4v) is 2.18. The van der Waals surface area contributed by atoms with Crippen LogP contribution in [0.25, 0.3) is 0 Å². The van der Waals surface area contributed by atoms with Crippen LogP contribution in [0.4, 0.5) is 0 Å². The minimum atomic E-state index is -0.722. The van der Waals surface area contributed by atoms with E-state index in [0.29, 0.717) is 15.7 Å². The van der Waals surface area contributed by atoms with E-state index < -0.39 is 6.10 Å². The van der Waals surface area contributed by atoms with Gasteiger partial charge >= 0.3 is 0 Å². The number of hydrogen-bond acceptors (Lipinski definition) is 2. The molecule has 0 saturated carbocycles. The zero-order valence-corrected chi connectivity index (χ0v) is 10.8. The average molecular weight is 271 g/mol. The summed E-state index contributed by atoms with van der Waals surface area (Å²) in [6.07, 6.45) is -0.722. The third-order valence-electron chi connectivity index (χ3n) is 2.46. The Morgan fingerprint density at radius 3 is 2.65 bits per heavy atom. The van der Waals surface area contributed by atoms with Gasteiger partial charge in [-0.3, -0.25) is 4.68 Å². The number of aliphatic hydroxyl groups is 1. The van der Waals surface area contributed by atoms with Gasteiger partial charge in [-0.1, -0.05) is 41.4 Å².